The van der Waals surface area contributed by atoms with Crippen molar-refractivity contribution in [3.8, 4) is 0 Å². The van der Waals surface area contributed by atoms with Crippen LogP contribution in [-0.2, 0) is 17.8 Å². The van der Waals surface area contributed by atoms with Gasteiger partial charge in [-0.25, -0.2) is 9.67 Å². The largest absolute Gasteiger partial charge is 0.481 e. The molecule has 2 unspecified atom stereocenters. The lowest BCUT2D eigenvalue weighted by Crippen LogP contribution is -2.31. The van der Waals surface area contributed by atoms with Gasteiger partial charge in [-0.05, 0) is 32.9 Å². The van der Waals surface area contributed by atoms with Crippen LogP contribution in [0.5, 0.6) is 0 Å². The molecular formula is C13H20N4O2. The molecule has 2 atom stereocenters. The average molecular weight is 264 g/mol. The highest BCUT2D eigenvalue weighted by Crippen LogP contribution is 2.26. The summed E-state index contributed by atoms with van der Waals surface area (Å²) in [7, 11) is 2.13. The number of rotatable bonds is 2. The van der Waals surface area contributed by atoms with E-state index >= 15 is 0 Å². The van der Waals surface area contributed by atoms with Gasteiger partial charge in [-0.15, -0.1) is 0 Å². The van der Waals surface area contributed by atoms with Crippen LogP contribution in [0.3, 0.4) is 0 Å². The number of hydrogen-bond donors (Lipinski definition) is 1. The molecule has 0 spiro atoms. The zero-order valence-corrected chi connectivity index (χ0v) is 11.2. The Labute approximate surface area is 112 Å². The average Bonchev–Trinajstić information content (AvgIpc) is 2.81. The van der Waals surface area contributed by atoms with Crippen LogP contribution in [0.25, 0.3) is 0 Å². The Balaban J connectivity index is 1.77. The maximum atomic E-state index is 11.0. The number of likely N-dealkylation sites (tertiary alicyclic amines) is 1. The van der Waals surface area contributed by atoms with Crippen molar-refractivity contribution >= 4 is 5.97 Å². The Hall–Kier alpha value is -1.43. The summed E-state index contributed by atoms with van der Waals surface area (Å²) in [6.07, 6.45) is 3.73. The second kappa shape index (κ2) is 4.92. The van der Waals surface area contributed by atoms with E-state index in [1.807, 2.05) is 4.68 Å². The maximum absolute atomic E-state index is 11.0. The van der Waals surface area contributed by atoms with Crippen molar-refractivity contribution in [3.05, 3.63) is 11.6 Å². The molecule has 0 radical (unpaired) electrons. The minimum atomic E-state index is -0.722. The number of aryl methyl sites for hydroxylation is 1. The minimum Gasteiger partial charge on any atom is -0.481 e. The zero-order valence-electron chi connectivity index (χ0n) is 11.2. The summed E-state index contributed by atoms with van der Waals surface area (Å²) in [6.45, 7) is 2.62. The number of hydrogen-bond acceptors (Lipinski definition) is 4. The van der Waals surface area contributed by atoms with Gasteiger partial charge in [0.25, 0.3) is 0 Å². The number of carboxylic acids is 1. The summed E-state index contributed by atoms with van der Waals surface area (Å²) in [5.74, 6) is 1.24. The van der Waals surface area contributed by atoms with Gasteiger partial charge in [0, 0.05) is 18.9 Å². The Morgan fingerprint density at radius 2 is 2.21 bits per heavy atom. The number of likely N-dealkylation sites (N-methyl/N-ethyl adjacent to an activating group) is 1. The van der Waals surface area contributed by atoms with Crippen LogP contribution in [0.15, 0.2) is 0 Å². The number of carbonyl (C=O) groups is 1. The fourth-order valence-electron chi connectivity index (χ4n) is 3.08. The van der Waals surface area contributed by atoms with Crippen molar-refractivity contribution in [2.24, 2.45) is 5.92 Å². The van der Waals surface area contributed by atoms with Gasteiger partial charge in [0.1, 0.15) is 5.82 Å². The predicted molar refractivity (Wildman–Crippen MR) is 68.9 cm³/mol. The molecule has 1 saturated heterocycles. The van der Waals surface area contributed by atoms with Crippen molar-refractivity contribution in [1.29, 1.82) is 0 Å². The lowest BCUT2D eigenvalue weighted by Gasteiger charge is -2.27. The van der Waals surface area contributed by atoms with E-state index in [4.69, 9.17) is 5.11 Å². The molecule has 2 aliphatic heterocycles. The van der Waals surface area contributed by atoms with Gasteiger partial charge < -0.3 is 10.0 Å². The normalized spacial score (nSPS) is 28.1. The van der Waals surface area contributed by atoms with E-state index < -0.39 is 5.97 Å². The van der Waals surface area contributed by atoms with Crippen LogP contribution in [0, 0.1) is 5.92 Å². The molecule has 1 aromatic rings. The van der Waals surface area contributed by atoms with Crippen LogP contribution >= 0.6 is 0 Å². The van der Waals surface area contributed by atoms with Gasteiger partial charge in [0.05, 0.1) is 12.5 Å². The van der Waals surface area contributed by atoms with Crippen LogP contribution in [0.4, 0.5) is 0 Å². The Kier molecular flexibility index (Phi) is 3.26. The summed E-state index contributed by atoms with van der Waals surface area (Å²) in [5, 5.41) is 13.6. The van der Waals surface area contributed by atoms with E-state index in [0.29, 0.717) is 18.9 Å². The number of carboxylic acid groups (broad SMARTS) is 1. The van der Waals surface area contributed by atoms with E-state index in [0.717, 1.165) is 37.6 Å². The molecule has 0 amide bonds. The van der Waals surface area contributed by atoms with Crippen molar-refractivity contribution in [3.63, 3.8) is 0 Å². The first kappa shape index (κ1) is 12.6. The monoisotopic (exact) mass is 264 g/mol. The van der Waals surface area contributed by atoms with Crippen LogP contribution < -0.4 is 0 Å². The van der Waals surface area contributed by atoms with E-state index in [9.17, 15) is 4.79 Å². The number of aromatic nitrogens is 3. The number of nitrogens with zero attached hydrogens (tertiary/aromatic N) is 4. The smallest absolute Gasteiger partial charge is 0.308 e. The summed E-state index contributed by atoms with van der Waals surface area (Å²) >= 11 is 0. The second-order valence-corrected chi connectivity index (χ2v) is 5.74. The van der Waals surface area contributed by atoms with E-state index in [1.54, 1.807) is 0 Å². The molecule has 6 nitrogen and oxygen atoms in total. The molecule has 3 heterocycles. The molecule has 0 saturated carbocycles. The van der Waals surface area contributed by atoms with Crippen molar-refractivity contribution in [1.82, 2.24) is 19.7 Å². The van der Waals surface area contributed by atoms with Crippen LogP contribution in [0.1, 0.15) is 36.8 Å². The lowest BCUT2D eigenvalue weighted by molar-refractivity contribution is -0.142. The molecule has 19 heavy (non-hydrogen) atoms. The summed E-state index contributed by atoms with van der Waals surface area (Å²) < 4.78 is 1.81. The Bertz CT molecular complexity index is 485. The Morgan fingerprint density at radius 1 is 1.37 bits per heavy atom. The molecule has 2 aliphatic rings. The fraction of sp³-hybridized carbons (Fsp3) is 0.769. The summed E-state index contributed by atoms with van der Waals surface area (Å²) in [4.78, 5) is 18.0. The zero-order chi connectivity index (χ0) is 13.4. The standard InChI is InChI=1S/C13H20N4O2/c1-16-6-2-3-9(7-16)12-14-11-5-4-10(13(18)19)8-17(11)15-12/h9-10H,2-8H2,1H3,(H,18,19). The van der Waals surface area contributed by atoms with Gasteiger partial charge in [-0.1, -0.05) is 0 Å². The second-order valence-electron chi connectivity index (χ2n) is 5.74. The molecule has 0 aromatic carbocycles. The third-order valence-electron chi connectivity index (χ3n) is 4.21. The van der Waals surface area contributed by atoms with Gasteiger partial charge >= 0.3 is 5.97 Å². The maximum Gasteiger partial charge on any atom is 0.308 e. The molecular weight excluding hydrogens is 244 g/mol. The third-order valence-corrected chi connectivity index (χ3v) is 4.21. The first-order chi connectivity index (χ1) is 9.13. The van der Waals surface area contributed by atoms with Crippen molar-refractivity contribution in [2.75, 3.05) is 20.1 Å². The van der Waals surface area contributed by atoms with Crippen LogP contribution in [0.2, 0.25) is 0 Å². The SMILES string of the molecule is CN1CCCC(c2nc3n(n2)CC(C(=O)O)CC3)C1. The minimum absolute atomic E-state index is 0.309. The molecule has 3 rings (SSSR count). The van der Waals surface area contributed by atoms with Gasteiger partial charge in [-0.2, -0.15) is 5.10 Å². The first-order valence-electron chi connectivity index (χ1n) is 6.98. The number of piperidine rings is 1. The summed E-state index contributed by atoms with van der Waals surface area (Å²) in [5.41, 5.74) is 0. The Morgan fingerprint density at radius 3 is 2.95 bits per heavy atom. The number of aliphatic carboxylic acids is 1. The highest BCUT2D eigenvalue weighted by molar-refractivity contribution is 5.70. The highest BCUT2D eigenvalue weighted by Gasteiger charge is 2.29. The van der Waals surface area contributed by atoms with Gasteiger partial charge in [-0.3, -0.25) is 4.79 Å². The molecule has 0 aliphatic carbocycles. The quantitative estimate of drug-likeness (QED) is 0.853. The molecule has 104 valence electrons. The van der Waals surface area contributed by atoms with E-state index in [1.165, 1.54) is 6.42 Å². The van der Waals surface area contributed by atoms with Gasteiger partial charge in [0.2, 0.25) is 0 Å². The molecule has 6 heteroatoms. The van der Waals surface area contributed by atoms with Crippen molar-refractivity contribution in [2.45, 2.75) is 38.1 Å². The van der Waals surface area contributed by atoms with E-state index in [-0.39, 0.29) is 5.92 Å². The molecule has 1 aromatic heterocycles. The number of fused-ring (bicyclic) bond motifs is 1. The predicted octanol–water partition coefficient (Wildman–Crippen LogP) is 0.734. The lowest BCUT2D eigenvalue weighted by atomic mass is 9.98. The fourth-order valence-corrected chi connectivity index (χ4v) is 3.08. The molecule has 0 bridgehead atoms. The third kappa shape index (κ3) is 2.49. The topological polar surface area (TPSA) is 71.2 Å². The summed E-state index contributed by atoms with van der Waals surface area (Å²) in [6, 6.07) is 0. The molecule has 1 N–H and O–H groups in total. The van der Waals surface area contributed by atoms with E-state index in [2.05, 4.69) is 22.0 Å². The molecule has 1 fully saturated rings. The van der Waals surface area contributed by atoms with Gasteiger partial charge in [0.15, 0.2) is 5.82 Å². The van der Waals surface area contributed by atoms with Crippen LogP contribution in [-0.4, -0.2) is 50.9 Å². The first-order valence-corrected chi connectivity index (χ1v) is 6.98. The highest BCUT2D eigenvalue weighted by atomic mass is 16.4. The van der Waals surface area contributed by atoms with Crippen molar-refractivity contribution < 1.29 is 9.90 Å².